The second-order valence-corrected chi connectivity index (χ2v) is 5.78. The molecule has 1 aromatic rings. The lowest BCUT2D eigenvalue weighted by Crippen LogP contribution is -2.41. The molecule has 0 bridgehead atoms. The average molecular weight is 291 g/mol. The number of nitrogens with one attached hydrogen (secondary N) is 1. The topological polar surface area (TPSA) is 58.6 Å². The number of Topliss-reactive ketones (excluding diaryl/α,β-unsaturated/α-hetero) is 1. The van der Waals surface area contributed by atoms with Crippen molar-refractivity contribution in [1.29, 1.82) is 0 Å². The van der Waals surface area contributed by atoms with Crippen molar-refractivity contribution in [3.05, 3.63) is 28.8 Å². The number of hydrogen-bond donors (Lipinski definition) is 2. The van der Waals surface area contributed by atoms with Crippen LogP contribution in [0.5, 0.6) is 5.75 Å². The van der Waals surface area contributed by atoms with Gasteiger partial charge < -0.3 is 15.2 Å². The van der Waals surface area contributed by atoms with Gasteiger partial charge in [0.05, 0.1) is 0 Å². The molecule has 0 aliphatic heterocycles. The molecule has 0 amide bonds. The van der Waals surface area contributed by atoms with Gasteiger partial charge in [-0.05, 0) is 44.9 Å². The van der Waals surface area contributed by atoms with Crippen LogP contribution in [0.2, 0.25) is 0 Å². The van der Waals surface area contributed by atoms with Crippen LogP contribution < -0.4 is 10.1 Å². The molecule has 4 nitrogen and oxygen atoms in total. The van der Waals surface area contributed by atoms with E-state index in [9.17, 15) is 9.90 Å². The van der Waals surface area contributed by atoms with Gasteiger partial charge in [-0.3, -0.25) is 4.79 Å². The molecular weight excluding hydrogens is 266 g/mol. The van der Waals surface area contributed by atoms with E-state index in [1.165, 1.54) is 0 Å². The second kappa shape index (κ2) is 7.05. The van der Waals surface area contributed by atoms with Gasteiger partial charge in [0.15, 0.2) is 5.78 Å². The maximum atomic E-state index is 11.9. The first-order chi connectivity index (χ1) is 10.0. The molecule has 0 saturated carbocycles. The van der Waals surface area contributed by atoms with E-state index >= 15 is 0 Å². The quantitative estimate of drug-likeness (QED) is 0.809. The molecule has 2 N–H and O–H groups in total. The number of carbonyl (C=O) groups excluding carboxylic acids is 1. The van der Waals surface area contributed by atoms with E-state index in [2.05, 4.69) is 12.2 Å². The maximum Gasteiger partial charge on any atom is 0.163 e. The smallest absolute Gasteiger partial charge is 0.163 e. The van der Waals surface area contributed by atoms with Crippen LogP contribution in [0.15, 0.2) is 12.1 Å². The third-order valence-corrected chi connectivity index (χ3v) is 4.06. The van der Waals surface area contributed by atoms with Crippen molar-refractivity contribution in [2.75, 3.05) is 13.2 Å². The fraction of sp³-hybridized carbons (Fsp3) is 0.588. The zero-order chi connectivity index (χ0) is 15.4. The fourth-order valence-electron chi connectivity index (χ4n) is 2.71. The lowest BCUT2D eigenvalue weighted by atomic mass is 10.0. The Morgan fingerprint density at radius 3 is 2.86 bits per heavy atom. The molecule has 4 heteroatoms. The average Bonchev–Trinajstić information content (AvgIpc) is 2.87. The van der Waals surface area contributed by atoms with Crippen LogP contribution in [0.1, 0.15) is 48.2 Å². The number of ether oxygens (including phenoxy) is 1. The fourth-order valence-corrected chi connectivity index (χ4v) is 2.71. The minimum Gasteiger partial charge on any atom is -0.491 e. The predicted molar refractivity (Wildman–Crippen MR) is 83.1 cm³/mol. The summed E-state index contributed by atoms with van der Waals surface area (Å²) >= 11 is 0. The highest BCUT2D eigenvalue weighted by Gasteiger charge is 2.25. The zero-order valence-corrected chi connectivity index (χ0v) is 13.1. The molecule has 0 aromatic heterocycles. The first-order valence-electron chi connectivity index (χ1n) is 7.74. The standard InChI is InChI=1S/C17H25NO3/c1-4-9-18-12(3)15(20)10-21-16-8-5-11(2)17-13(16)6-7-14(17)19/h5,8,12,15,18,20H,4,6-7,9-10H2,1-3H3/t12-,15-/m1/s1. The Bertz CT molecular complexity index is 513. The molecule has 2 rings (SSSR count). The molecule has 0 unspecified atom stereocenters. The Hall–Kier alpha value is -1.39. The molecule has 1 aromatic carbocycles. The largest absolute Gasteiger partial charge is 0.491 e. The highest BCUT2D eigenvalue weighted by atomic mass is 16.5. The minimum atomic E-state index is -0.564. The third-order valence-electron chi connectivity index (χ3n) is 4.06. The molecule has 21 heavy (non-hydrogen) atoms. The van der Waals surface area contributed by atoms with E-state index in [1.807, 2.05) is 26.0 Å². The molecule has 0 heterocycles. The zero-order valence-electron chi connectivity index (χ0n) is 13.1. The van der Waals surface area contributed by atoms with E-state index in [4.69, 9.17) is 4.74 Å². The van der Waals surface area contributed by atoms with Crippen LogP contribution in [0.4, 0.5) is 0 Å². The van der Waals surface area contributed by atoms with Gasteiger partial charge >= 0.3 is 0 Å². The normalized spacial score (nSPS) is 16.7. The molecule has 0 spiro atoms. The number of carbonyl (C=O) groups is 1. The van der Waals surface area contributed by atoms with Gasteiger partial charge in [-0.15, -0.1) is 0 Å². The number of ketones is 1. The predicted octanol–water partition coefficient (Wildman–Crippen LogP) is 2.25. The van der Waals surface area contributed by atoms with Crippen LogP contribution in [-0.2, 0) is 6.42 Å². The number of fused-ring (bicyclic) bond motifs is 1. The van der Waals surface area contributed by atoms with Gasteiger partial charge in [-0.25, -0.2) is 0 Å². The van der Waals surface area contributed by atoms with Crippen molar-refractivity contribution in [3.8, 4) is 5.75 Å². The summed E-state index contributed by atoms with van der Waals surface area (Å²) in [4.78, 5) is 11.9. The molecule has 2 atom stereocenters. The number of aliphatic hydroxyl groups is 1. The van der Waals surface area contributed by atoms with E-state index in [0.29, 0.717) is 6.42 Å². The number of benzene rings is 1. The lowest BCUT2D eigenvalue weighted by Gasteiger charge is -2.21. The van der Waals surface area contributed by atoms with Gasteiger partial charge in [0, 0.05) is 23.6 Å². The summed E-state index contributed by atoms with van der Waals surface area (Å²) in [6.45, 7) is 7.12. The summed E-state index contributed by atoms with van der Waals surface area (Å²) in [7, 11) is 0. The summed E-state index contributed by atoms with van der Waals surface area (Å²) in [6.07, 6.45) is 1.77. The first kappa shape index (κ1) is 16.0. The second-order valence-electron chi connectivity index (χ2n) is 5.78. The van der Waals surface area contributed by atoms with Crippen molar-refractivity contribution in [3.63, 3.8) is 0 Å². The van der Waals surface area contributed by atoms with Crippen LogP contribution in [0.25, 0.3) is 0 Å². The molecule has 0 fully saturated rings. The van der Waals surface area contributed by atoms with Crippen LogP contribution >= 0.6 is 0 Å². The molecule has 1 aliphatic rings. The summed E-state index contributed by atoms with van der Waals surface area (Å²) in [5, 5.41) is 13.4. The van der Waals surface area contributed by atoms with Crippen LogP contribution in [0.3, 0.4) is 0 Å². The summed E-state index contributed by atoms with van der Waals surface area (Å²) in [5.41, 5.74) is 2.83. The monoisotopic (exact) mass is 291 g/mol. The lowest BCUT2D eigenvalue weighted by molar-refractivity contribution is 0.0783. The number of rotatable bonds is 7. The van der Waals surface area contributed by atoms with E-state index in [1.54, 1.807) is 0 Å². The van der Waals surface area contributed by atoms with Crippen LogP contribution in [0, 0.1) is 6.92 Å². The Kier molecular flexibility index (Phi) is 5.37. The molecular formula is C17H25NO3. The Balaban J connectivity index is 2.00. The van der Waals surface area contributed by atoms with Gasteiger partial charge in [0.1, 0.15) is 18.5 Å². The van der Waals surface area contributed by atoms with Gasteiger partial charge in [-0.1, -0.05) is 13.0 Å². The number of aliphatic hydroxyl groups excluding tert-OH is 1. The van der Waals surface area contributed by atoms with Gasteiger partial charge in [-0.2, -0.15) is 0 Å². The van der Waals surface area contributed by atoms with Gasteiger partial charge in [0.25, 0.3) is 0 Å². The van der Waals surface area contributed by atoms with E-state index in [-0.39, 0.29) is 18.4 Å². The highest BCUT2D eigenvalue weighted by Crippen LogP contribution is 2.33. The van der Waals surface area contributed by atoms with Crippen molar-refractivity contribution >= 4 is 5.78 Å². The summed E-state index contributed by atoms with van der Waals surface area (Å²) in [6, 6.07) is 3.82. The highest BCUT2D eigenvalue weighted by molar-refractivity contribution is 6.02. The SMILES string of the molecule is CCCN[C@H](C)[C@H](O)COc1ccc(C)c2c1CCC2=O. The summed E-state index contributed by atoms with van der Waals surface area (Å²) in [5.74, 6) is 0.940. The molecule has 0 saturated heterocycles. The molecule has 1 aliphatic carbocycles. The van der Waals surface area contributed by atoms with Crippen molar-refractivity contribution in [2.45, 2.75) is 52.2 Å². The Labute approximate surface area is 126 Å². The van der Waals surface area contributed by atoms with E-state index < -0.39 is 6.10 Å². The van der Waals surface area contributed by atoms with Crippen LogP contribution in [-0.4, -0.2) is 36.2 Å². The van der Waals surface area contributed by atoms with Crippen molar-refractivity contribution in [1.82, 2.24) is 5.32 Å². The Morgan fingerprint density at radius 1 is 1.38 bits per heavy atom. The minimum absolute atomic E-state index is 0.00919. The number of aryl methyl sites for hydroxylation is 1. The molecule has 116 valence electrons. The van der Waals surface area contributed by atoms with Crippen molar-refractivity contribution in [2.24, 2.45) is 0 Å². The Morgan fingerprint density at radius 2 is 2.14 bits per heavy atom. The summed E-state index contributed by atoms with van der Waals surface area (Å²) < 4.78 is 5.77. The first-order valence-corrected chi connectivity index (χ1v) is 7.74. The number of hydrogen-bond acceptors (Lipinski definition) is 4. The third kappa shape index (κ3) is 3.63. The van der Waals surface area contributed by atoms with Gasteiger partial charge in [0.2, 0.25) is 0 Å². The van der Waals surface area contributed by atoms with Crippen molar-refractivity contribution < 1.29 is 14.6 Å². The molecule has 0 radical (unpaired) electrons. The maximum absolute atomic E-state index is 11.9. The van der Waals surface area contributed by atoms with E-state index in [0.717, 1.165) is 41.8 Å².